The highest BCUT2D eigenvalue weighted by molar-refractivity contribution is 5.17. The summed E-state index contributed by atoms with van der Waals surface area (Å²) in [6.07, 6.45) is -0.397. The first-order valence-corrected chi connectivity index (χ1v) is 7.40. The molecular formula is C17H26N2O. The van der Waals surface area contributed by atoms with Crippen LogP contribution < -0.4 is 0 Å². The molecule has 1 saturated heterocycles. The standard InChI is InChI=1S/C17H26N2O/c1-14(2)11-18-9-10-19(15(3)12-18)13-17(20)16-7-5-4-6-8-16/h4-8,15,17,20H,1,9-13H2,2-3H3/t15-,17-/m1/s1. The molecule has 1 aromatic carbocycles. The number of hydrogen-bond acceptors (Lipinski definition) is 3. The summed E-state index contributed by atoms with van der Waals surface area (Å²) in [5.74, 6) is 0. The fourth-order valence-corrected chi connectivity index (χ4v) is 2.87. The molecule has 2 rings (SSSR count). The van der Waals surface area contributed by atoms with Gasteiger partial charge in [-0.2, -0.15) is 0 Å². The first-order chi connectivity index (χ1) is 9.56. The van der Waals surface area contributed by atoms with Gasteiger partial charge in [-0.15, -0.1) is 0 Å². The minimum absolute atomic E-state index is 0.397. The number of piperazine rings is 1. The number of nitrogens with zero attached hydrogens (tertiary/aromatic N) is 2. The smallest absolute Gasteiger partial charge is 0.0917 e. The Morgan fingerprint density at radius 1 is 1.35 bits per heavy atom. The lowest BCUT2D eigenvalue weighted by Gasteiger charge is -2.40. The SMILES string of the molecule is C=C(C)CN1CCN(C[C@@H](O)c2ccccc2)[C@H](C)C1. The molecule has 1 aliphatic rings. The van der Waals surface area contributed by atoms with Gasteiger partial charge in [0.1, 0.15) is 0 Å². The summed E-state index contributed by atoms with van der Waals surface area (Å²) in [5, 5.41) is 10.3. The average Bonchev–Trinajstić information content (AvgIpc) is 2.42. The van der Waals surface area contributed by atoms with Crippen molar-refractivity contribution in [3.8, 4) is 0 Å². The highest BCUT2D eigenvalue weighted by atomic mass is 16.3. The van der Waals surface area contributed by atoms with E-state index in [1.807, 2.05) is 30.3 Å². The Hall–Kier alpha value is -1.16. The summed E-state index contributed by atoms with van der Waals surface area (Å²) in [7, 11) is 0. The second-order valence-corrected chi connectivity index (χ2v) is 5.96. The number of β-amino-alcohol motifs (C(OH)–C–C–N with tert-alkyl or cyclic N) is 1. The van der Waals surface area contributed by atoms with Crippen LogP contribution in [0.2, 0.25) is 0 Å². The Labute approximate surface area is 122 Å². The Kier molecular flexibility index (Phi) is 5.35. The molecule has 20 heavy (non-hydrogen) atoms. The van der Waals surface area contributed by atoms with Gasteiger partial charge in [0.15, 0.2) is 0 Å². The molecule has 1 aliphatic heterocycles. The van der Waals surface area contributed by atoms with Gasteiger partial charge in [0, 0.05) is 38.8 Å². The minimum Gasteiger partial charge on any atom is -0.387 e. The molecule has 1 aromatic rings. The first-order valence-electron chi connectivity index (χ1n) is 7.40. The van der Waals surface area contributed by atoms with E-state index in [1.165, 1.54) is 5.57 Å². The highest BCUT2D eigenvalue weighted by Crippen LogP contribution is 2.18. The molecule has 0 amide bonds. The maximum Gasteiger partial charge on any atom is 0.0917 e. The fourth-order valence-electron chi connectivity index (χ4n) is 2.87. The first kappa shape index (κ1) is 15.2. The molecule has 1 heterocycles. The summed E-state index contributed by atoms with van der Waals surface area (Å²) >= 11 is 0. The molecule has 2 atom stereocenters. The van der Waals surface area contributed by atoms with Crippen LogP contribution in [0, 0.1) is 0 Å². The number of rotatable bonds is 5. The van der Waals surface area contributed by atoms with E-state index < -0.39 is 6.10 Å². The predicted molar refractivity (Wildman–Crippen MR) is 83.7 cm³/mol. The topological polar surface area (TPSA) is 26.7 Å². The number of hydrogen-bond donors (Lipinski definition) is 1. The predicted octanol–water partition coefficient (Wildman–Crippen LogP) is 2.30. The molecule has 0 unspecified atom stereocenters. The minimum atomic E-state index is -0.397. The van der Waals surface area contributed by atoms with Crippen LogP contribution in [0.5, 0.6) is 0 Å². The Morgan fingerprint density at radius 2 is 2.05 bits per heavy atom. The van der Waals surface area contributed by atoms with E-state index in [-0.39, 0.29) is 0 Å². The maximum atomic E-state index is 10.3. The number of aliphatic hydroxyl groups is 1. The van der Waals surface area contributed by atoms with E-state index in [1.54, 1.807) is 0 Å². The molecule has 3 nitrogen and oxygen atoms in total. The van der Waals surface area contributed by atoms with Crippen LogP contribution in [0.15, 0.2) is 42.5 Å². The summed E-state index contributed by atoms with van der Waals surface area (Å²) < 4.78 is 0. The van der Waals surface area contributed by atoms with Crippen LogP contribution in [0.1, 0.15) is 25.5 Å². The van der Waals surface area contributed by atoms with Crippen LogP contribution in [-0.4, -0.2) is 53.7 Å². The lowest BCUT2D eigenvalue weighted by molar-refractivity contribution is 0.0420. The third kappa shape index (κ3) is 4.17. The zero-order valence-electron chi connectivity index (χ0n) is 12.6. The van der Waals surface area contributed by atoms with Crippen molar-refractivity contribution in [2.75, 3.05) is 32.7 Å². The zero-order valence-corrected chi connectivity index (χ0v) is 12.6. The molecule has 0 aromatic heterocycles. The summed E-state index contributed by atoms with van der Waals surface area (Å²) in [4.78, 5) is 4.82. The van der Waals surface area contributed by atoms with E-state index in [9.17, 15) is 5.11 Å². The van der Waals surface area contributed by atoms with Crippen molar-refractivity contribution in [3.63, 3.8) is 0 Å². The maximum absolute atomic E-state index is 10.3. The lowest BCUT2D eigenvalue weighted by atomic mass is 10.1. The van der Waals surface area contributed by atoms with Gasteiger partial charge >= 0.3 is 0 Å². The normalized spacial score (nSPS) is 22.6. The van der Waals surface area contributed by atoms with E-state index in [4.69, 9.17) is 0 Å². The zero-order chi connectivity index (χ0) is 14.5. The Bertz CT molecular complexity index is 432. The molecule has 1 fully saturated rings. The molecule has 0 saturated carbocycles. The van der Waals surface area contributed by atoms with Crippen LogP contribution in [-0.2, 0) is 0 Å². The third-order valence-corrected chi connectivity index (χ3v) is 3.93. The van der Waals surface area contributed by atoms with Gasteiger partial charge in [0.05, 0.1) is 6.10 Å². The Morgan fingerprint density at radius 3 is 2.65 bits per heavy atom. The van der Waals surface area contributed by atoms with Gasteiger partial charge in [-0.3, -0.25) is 9.80 Å². The summed E-state index contributed by atoms with van der Waals surface area (Å²) in [6.45, 7) is 13.1. The van der Waals surface area contributed by atoms with Gasteiger partial charge in [-0.1, -0.05) is 42.5 Å². The number of benzene rings is 1. The average molecular weight is 274 g/mol. The van der Waals surface area contributed by atoms with Crippen LogP contribution >= 0.6 is 0 Å². The van der Waals surface area contributed by atoms with Gasteiger partial charge in [-0.05, 0) is 19.4 Å². The van der Waals surface area contributed by atoms with Crippen molar-refractivity contribution in [1.82, 2.24) is 9.80 Å². The molecular weight excluding hydrogens is 248 g/mol. The van der Waals surface area contributed by atoms with Crippen molar-refractivity contribution in [1.29, 1.82) is 0 Å². The van der Waals surface area contributed by atoms with Crippen LogP contribution in [0.4, 0.5) is 0 Å². The Balaban J connectivity index is 1.87. The lowest BCUT2D eigenvalue weighted by Crippen LogP contribution is -2.53. The largest absolute Gasteiger partial charge is 0.387 e. The van der Waals surface area contributed by atoms with Crippen molar-refractivity contribution in [3.05, 3.63) is 48.0 Å². The second kappa shape index (κ2) is 7.02. The molecule has 0 aliphatic carbocycles. The van der Waals surface area contributed by atoms with Crippen molar-refractivity contribution >= 4 is 0 Å². The third-order valence-electron chi connectivity index (χ3n) is 3.93. The summed E-state index contributed by atoms with van der Waals surface area (Å²) in [5.41, 5.74) is 2.22. The molecule has 3 heteroatoms. The number of aliphatic hydroxyl groups excluding tert-OH is 1. The van der Waals surface area contributed by atoms with Gasteiger partial charge in [0.2, 0.25) is 0 Å². The van der Waals surface area contributed by atoms with Gasteiger partial charge in [0.25, 0.3) is 0 Å². The second-order valence-electron chi connectivity index (χ2n) is 5.96. The van der Waals surface area contributed by atoms with Gasteiger partial charge in [-0.25, -0.2) is 0 Å². The van der Waals surface area contributed by atoms with E-state index in [0.29, 0.717) is 12.6 Å². The molecule has 110 valence electrons. The van der Waals surface area contributed by atoms with E-state index in [0.717, 1.165) is 31.7 Å². The van der Waals surface area contributed by atoms with Crippen molar-refractivity contribution in [2.45, 2.75) is 26.0 Å². The molecule has 1 N–H and O–H groups in total. The van der Waals surface area contributed by atoms with Crippen molar-refractivity contribution in [2.24, 2.45) is 0 Å². The van der Waals surface area contributed by atoms with Crippen molar-refractivity contribution < 1.29 is 5.11 Å². The van der Waals surface area contributed by atoms with E-state index in [2.05, 4.69) is 30.2 Å². The van der Waals surface area contributed by atoms with Crippen LogP contribution in [0.3, 0.4) is 0 Å². The van der Waals surface area contributed by atoms with Crippen LogP contribution in [0.25, 0.3) is 0 Å². The monoisotopic (exact) mass is 274 g/mol. The quantitative estimate of drug-likeness (QED) is 0.835. The molecule has 0 radical (unpaired) electrons. The van der Waals surface area contributed by atoms with Gasteiger partial charge < -0.3 is 5.11 Å². The molecule has 0 bridgehead atoms. The van der Waals surface area contributed by atoms with E-state index >= 15 is 0 Å². The summed E-state index contributed by atoms with van der Waals surface area (Å²) in [6, 6.07) is 10.4. The highest BCUT2D eigenvalue weighted by Gasteiger charge is 2.25. The fraction of sp³-hybridized carbons (Fsp3) is 0.529. The molecule has 0 spiro atoms.